The van der Waals surface area contributed by atoms with Gasteiger partial charge < -0.3 is 14.6 Å². The number of aliphatic hydroxyl groups excluding tert-OH is 1. The third-order valence-electron chi connectivity index (χ3n) is 6.03. The summed E-state index contributed by atoms with van der Waals surface area (Å²) in [7, 11) is -8.22. The number of nitrogens with zero attached hydrogens (tertiary/aromatic N) is 1. The molecule has 0 spiro atoms. The number of carbonyl (C=O) groups excluding carboxylic acids is 1. The van der Waals surface area contributed by atoms with E-state index >= 15 is 0 Å². The molecule has 0 aromatic heterocycles. The maximum Gasteiger partial charge on any atom is 0.339 e. The summed E-state index contributed by atoms with van der Waals surface area (Å²) in [6, 6.07) is 24.1. The van der Waals surface area contributed by atoms with E-state index < -0.39 is 48.2 Å². The number of carbonyl (C=O) groups is 1. The van der Waals surface area contributed by atoms with Crippen LogP contribution >= 0.6 is 0 Å². The molecule has 0 unspecified atom stereocenters. The molecule has 0 fully saturated rings. The Morgan fingerprint density at radius 2 is 1.32 bits per heavy atom. The fraction of sp³-hybridized carbons (Fsp3) is 0.296. The van der Waals surface area contributed by atoms with Crippen molar-refractivity contribution in [3.8, 4) is 0 Å². The Labute approximate surface area is 223 Å². The minimum Gasteiger partial charge on any atom is -0.454 e. The summed E-state index contributed by atoms with van der Waals surface area (Å²) in [6.45, 7) is 1.19. The minimum atomic E-state index is -4.88. The van der Waals surface area contributed by atoms with Crippen molar-refractivity contribution in [2.24, 2.45) is 0 Å². The van der Waals surface area contributed by atoms with Gasteiger partial charge in [0.05, 0.1) is 12.3 Å². The van der Waals surface area contributed by atoms with Crippen LogP contribution in [0.4, 0.5) is 0 Å². The molecule has 3 aromatic rings. The highest BCUT2D eigenvalue weighted by Crippen LogP contribution is 2.31. The van der Waals surface area contributed by atoms with Gasteiger partial charge in [0.15, 0.2) is 6.10 Å². The van der Waals surface area contributed by atoms with Crippen LogP contribution in [0.5, 0.6) is 0 Å². The molecule has 3 aromatic carbocycles. The van der Waals surface area contributed by atoms with Gasteiger partial charge in [-0.1, -0.05) is 91.0 Å². The zero-order valence-corrected chi connectivity index (χ0v) is 22.9. The van der Waals surface area contributed by atoms with Crippen molar-refractivity contribution in [3.05, 3.63) is 108 Å². The molecule has 0 amide bonds. The highest BCUT2D eigenvalue weighted by molar-refractivity contribution is 8.66. The molecule has 0 bridgehead atoms. The van der Waals surface area contributed by atoms with Gasteiger partial charge in [-0.2, -0.15) is 12.7 Å². The van der Waals surface area contributed by atoms with Crippen LogP contribution in [0.15, 0.2) is 91.0 Å². The fourth-order valence-corrected chi connectivity index (χ4v) is 6.76. The van der Waals surface area contributed by atoms with Crippen molar-refractivity contribution in [1.29, 1.82) is 0 Å². The lowest BCUT2D eigenvalue weighted by molar-refractivity contribution is -0.171. The van der Waals surface area contributed by atoms with Crippen LogP contribution in [-0.4, -0.2) is 57.7 Å². The van der Waals surface area contributed by atoms with E-state index in [4.69, 9.17) is 9.47 Å². The van der Waals surface area contributed by atoms with E-state index in [-0.39, 0.29) is 6.54 Å². The molecule has 1 N–H and O–H groups in total. The quantitative estimate of drug-likeness (QED) is 0.264. The smallest absolute Gasteiger partial charge is 0.339 e. The summed E-state index contributed by atoms with van der Waals surface area (Å²) in [4.78, 5) is 13.3. The predicted octanol–water partition coefficient (Wildman–Crippen LogP) is 3.20. The first-order chi connectivity index (χ1) is 18.0. The van der Waals surface area contributed by atoms with Gasteiger partial charge in [-0.3, -0.25) is 0 Å². The molecule has 38 heavy (non-hydrogen) atoms. The maximum absolute atomic E-state index is 13.3. The Balaban J connectivity index is 2.02. The zero-order chi connectivity index (χ0) is 27.9. The molecular weight excluding hydrogens is 530 g/mol. The molecule has 0 aliphatic carbocycles. The molecule has 0 aliphatic rings. The van der Waals surface area contributed by atoms with Crippen LogP contribution in [0.25, 0.3) is 0 Å². The molecule has 0 aliphatic heterocycles. The summed E-state index contributed by atoms with van der Waals surface area (Å²) in [6.07, 6.45) is -3.40. The number of aliphatic hydroxyl groups is 1. The van der Waals surface area contributed by atoms with Gasteiger partial charge in [-0.25, -0.2) is 13.2 Å². The van der Waals surface area contributed by atoms with Crippen LogP contribution in [0.3, 0.4) is 0 Å². The van der Waals surface area contributed by atoms with Gasteiger partial charge in [0.25, 0.3) is 8.87 Å². The lowest BCUT2D eigenvalue weighted by atomic mass is 10.0. The highest BCUT2D eigenvalue weighted by atomic mass is 33.2. The van der Waals surface area contributed by atoms with Gasteiger partial charge in [0.1, 0.15) is 12.2 Å². The summed E-state index contributed by atoms with van der Waals surface area (Å²) in [5, 5.41) is 10.8. The van der Waals surface area contributed by atoms with Gasteiger partial charge in [-0.05, 0) is 23.6 Å². The van der Waals surface area contributed by atoms with Crippen molar-refractivity contribution in [2.45, 2.75) is 37.8 Å². The van der Waals surface area contributed by atoms with E-state index in [9.17, 15) is 26.7 Å². The Kier molecular flexibility index (Phi) is 9.80. The third-order valence-corrected chi connectivity index (χ3v) is 10.7. The SMILES string of the molecule is CO[C@H](C(=O)O[C@@H](c1ccccc1)[C@@H](C)N(Cc1ccccc1)S(=O)(=O)S(C)(=O)=O)[C@H](O)c1ccccc1. The average Bonchev–Trinajstić information content (AvgIpc) is 2.91. The highest BCUT2D eigenvalue weighted by Gasteiger charge is 2.42. The van der Waals surface area contributed by atoms with Crippen molar-refractivity contribution in [3.63, 3.8) is 0 Å². The Hall–Kier alpha value is -3.09. The monoisotopic (exact) mass is 561 g/mol. The molecule has 11 heteroatoms. The third kappa shape index (κ3) is 6.86. The first kappa shape index (κ1) is 29.5. The van der Waals surface area contributed by atoms with Gasteiger partial charge in [-0.15, -0.1) is 0 Å². The number of esters is 1. The maximum atomic E-state index is 13.3. The van der Waals surface area contributed by atoms with Crippen LogP contribution in [0.2, 0.25) is 0 Å². The Morgan fingerprint density at radius 3 is 1.79 bits per heavy atom. The zero-order valence-electron chi connectivity index (χ0n) is 21.2. The van der Waals surface area contributed by atoms with Crippen LogP contribution in [0, 0.1) is 0 Å². The molecule has 9 nitrogen and oxygen atoms in total. The van der Waals surface area contributed by atoms with Gasteiger partial charge in [0.2, 0.25) is 0 Å². The second-order valence-corrected chi connectivity index (χ2v) is 14.5. The standard InChI is InChI=1S/C27H31NO8S2/c1-20(28(38(33,34)37(3,31)32)19-21-13-7-4-8-14-21)25(23-17-11-6-12-18-23)36-27(30)26(35-2)24(29)22-15-9-5-10-16-22/h4-18,20,24-26,29H,19H2,1-3H3/t20-,24-,25-,26+/m1/s1. The van der Waals surface area contributed by atoms with Gasteiger partial charge in [0, 0.05) is 13.7 Å². The summed E-state index contributed by atoms with van der Waals surface area (Å²) in [5.74, 6) is -0.944. The first-order valence-electron chi connectivity index (χ1n) is 11.7. The predicted molar refractivity (Wildman–Crippen MR) is 143 cm³/mol. The number of hydrogen-bond donors (Lipinski definition) is 1. The molecule has 0 saturated carbocycles. The number of hydrogen-bond acceptors (Lipinski definition) is 8. The molecule has 0 heterocycles. The van der Waals surface area contributed by atoms with E-state index in [1.165, 1.54) is 14.0 Å². The summed E-state index contributed by atoms with van der Waals surface area (Å²) >= 11 is 0. The second kappa shape index (κ2) is 12.6. The topological polar surface area (TPSA) is 127 Å². The molecular formula is C27H31NO8S2. The summed E-state index contributed by atoms with van der Waals surface area (Å²) < 4.78 is 63.1. The van der Waals surface area contributed by atoms with Crippen molar-refractivity contribution in [1.82, 2.24) is 4.31 Å². The number of benzene rings is 3. The molecule has 3 rings (SSSR count). The van der Waals surface area contributed by atoms with E-state index in [2.05, 4.69) is 0 Å². The molecule has 4 atom stereocenters. The molecule has 0 saturated heterocycles. The van der Waals surface area contributed by atoms with Crippen LogP contribution < -0.4 is 0 Å². The molecule has 0 radical (unpaired) electrons. The lowest BCUT2D eigenvalue weighted by Crippen LogP contribution is -2.46. The second-order valence-electron chi connectivity index (χ2n) is 8.71. The molecule has 204 valence electrons. The van der Waals surface area contributed by atoms with Crippen LogP contribution in [0.1, 0.15) is 35.8 Å². The number of methoxy groups -OCH3 is 1. The van der Waals surface area contributed by atoms with Crippen LogP contribution in [-0.2, 0) is 38.7 Å². The van der Waals surface area contributed by atoms with E-state index in [0.717, 1.165) is 4.31 Å². The fourth-order valence-electron chi connectivity index (χ4n) is 3.97. The van der Waals surface area contributed by atoms with E-state index in [1.807, 2.05) is 0 Å². The Bertz CT molecular complexity index is 1400. The normalized spacial score (nSPS) is 15.4. The minimum absolute atomic E-state index is 0.279. The van der Waals surface area contributed by atoms with Crippen molar-refractivity contribution >= 4 is 23.9 Å². The van der Waals surface area contributed by atoms with Crippen molar-refractivity contribution in [2.75, 3.05) is 13.4 Å². The Morgan fingerprint density at radius 1 is 0.842 bits per heavy atom. The summed E-state index contributed by atoms with van der Waals surface area (Å²) in [5.41, 5.74) is 1.39. The van der Waals surface area contributed by atoms with E-state index in [1.54, 1.807) is 91.0 Å². The number of rotatable bonds is 12. The van der Waals surface area contributed by atoms with Crippen molar-refractivity contribution < 1.29 is 36.2 Å². The lowest BCUT2D eigenvalue weighted by Gasteiger charge is -2.34. The first-order valence-corrected chi connectivity index (χ1v) is 15.6. The van der Waals surface area contributed by atoms with Gasteiger partial charge >= 0.3 is 15.0 Å². The average molecular weight is 562 g/mol. The largest absolute Gasteiger partial charge is 0.454 e. The number of ether oxygens (including phenoxy) is 2. The van der Waals surface area contributed by atoms with E-state index in [0.29, 0.717) is 22.9 Å².